The van der Waals surface area contributed by atoms with Crippen LogP contribution < -0.4 is 4.57 Å². The SMILES string of the molecule is Cc1cc2c3ccccc3n3c4cc5ccsc5c5nc[n+](C)c(c(c1C)c23)c54. The summed E-state index contributed by atoms with van der Waals surface area (Å²) in [6.45, 7) is 4.49. The number of benzene rings is 3. The highest BCUT2D eigenvalue weighted by Gasteiger charge is 2.25. The Kier molecular flexibility index (Phi) is 2.71. The zero-order valence-corrected chi connectivity index (χ0v) is 17.3. The number of hydrogen-bond donors (Lipinski definition) is 0. The number of para-hydroxylation sites is 1. The molecule has 0 aliphatic heterocycles. The molecular weight excluding hydrogens is 374 g/mol. The maximum Gasteiger partial charge on any atom is 0.287 e. The Labute approximate surface area is 170 Å². The van der Waals surface area contributed by atoms with Crippen LogP contribution in [0, 0.1) is 13.8 Å². The van der Waals surface area contributed by atoms with Gasteiger partial charge in [0.2, 0.25) is 5.52 Å². The molecule has 4 aromatic heterocycles. The third kappa shape index (κ3) is 1.70. The lowest BCUT2D eigenvalue weighted by Crippen LogP contribution is -2.30. The third-order valence-corrected chi connectivity index (χ3v) is 7.54. The quantitative estimate of drug-likeness (QED) is 0.175. The largest absolute Gasteiger partial charge is 0.308 e. The fraction of sp³-hybridized carbons (Fsp3) is 0.120. The summed E-state index contributed by atoms with van der Waals surface area (Å²) in [5.74, 6) is 0. The standard InChI is InChI=1S/C25H18N3S/c1-13-10-17-16-6-4-5-7-18(16)28-19-11-15-8-9-29-25(15)22-21(19)24(27(3)12-26-22)20(14(13)2)23(17)28/h4-12H,1-3H3/q+1. The normalized spacial score (nSPS) is 12.7. The first-order valence-corrected chi connectivity index (χ1v) is 10.8. The molecule has 3 nitrogen and oxygen atoms in total. The highest BCUT2D eigenvalue weighted by atomic mass is 32.1. The minimum atomic E-state index is 1.11. The molecule has 0 N–H and O–H groups in total. The molecular formula is C25H18N3S+. The van der Waals surface area contributed by atoms with Crippen LogP contribution in [0.2, 0.25) is 0 Å². The summed E-state index contributed by atoms with van der Waals surface area (Å²) in [5.41, 5.74) is 8.90. The van der Waals surface area contributed by atoms with Crippen LogP contribution in [0.3, 0.4) is 0 Å². The van der Waals surface area contributed by atoms with Gasteiger partial charge < -0.3 is 4.40 Å². The van der Waals surface area contributed by atoms with Crippen molar-refractivity contribution < 1.29 is 4.57 Å². The molecule has 7 rings (SSSR count). The zero-order valence-electron chi connectivity index (χ0n) is 16.4. The van der Waals surface area contributed by atoms with E-state index in [0.29, 0.717) is 0 Å². The fourth-order valence-corrected chi connectivity index (χ4v) is 6.07. The summed E-state index contributed by atoms with van der Waals surface area (Å²) in [6, 6.07) is 15.7. The van der Waals surface area contributed by atoms with E-state index >= 15 is 0 Å². The van der Waals surface area contributed by atoms with Crippen LogP contribution in [0.5, 0.6) is 0 Å². The van der Waals surface area contributed by atoms with Crippen molar-refractivity contribution in [1.29, 1.82) is 0 Å². The fourth-order valence-electron chi connectivity index (χ4n) is 5.19. The van der Waals surface area contributed by atoms with Crippen LogP contribution in [-0.2, 0) is 7.05 Å². The van der Waals surface area contributed by atoms with Crippen molar-refractivity contribution in [1.82, 2.24) is 9.38 Å². The Morgan fingerprint density at radius 2 is 1.83 bits per heavy atom. The molecule has 0 amide bonds. The summed E-state index contributed by atoms with van der Waals surface area (Å²) < 4.78 is 5.95. The molecule has 4 heteroatoms. The number of thiophene rings is 1. The van der Waals surface area contributed by atoms with Crippen molar-refractivity contribution >= 4 is 70.6 Å². The van der Waals surface area contributed by atoms with Gasteiger partial charge in [0.15, 0.2) is 0 Å². The van der Waals surface area contributed by atoms with Crippen LogP contribution in [-0.4, -0.2) is 9.38 Å². The maximum atomic E-state index is 4.90. The van der Waals surface area contributed by atoms with E-state index in [4.69, 9.17) is 4.98 Å². The average Bonchev–Trinajstić information content (AvgIpc) is 3.32. The molecule has 0 bridgehead atoms. The molecule has 0 aliphatic rings. The van der Waals surface area contributed by atoms with E-state index in [9.17, 15) is 0 Å². The summed E-state index contributed by atoms with van der Waals surface area (Å²) >= 11 is 1.78. The molecule has 0 fully saturated rings. The number of aryl methyl sites for hydroxylation is 3. The predicted molar refractivity (Wildman–Crippen MR) is 122 cm³/mol. The monoisotopic (exact) mass is 392 g/mol. The Bertz CT molecular complexity index is 1790. The second kappa shape index (κ2) is 5.02. The molecule has 0 atom stereocenters. The average molecular weight is 393 g/mol. The van der Waals surface area contributed by atoms with E-state index in [0.717, 1.165) is 5.52 Å². The molecule has 7 aromatic rings. The predicted octanol–water partition coefficient (Wildman–Crippen LogP) is 6.04. The lowest BCUT2D eigenvalue weighted by atomic mass is 9.97. The molecule has 29 heavy (non-hydrogen) atoms. The van der Waals surface area contributed by atoms with Crippen molar-refractivity contribution in [3.8, 4) is 0 Å². The first-order valence-electron chi connectivity index (χ1n) is 9.88. The van der Waals surface area contributed by atoms with Gasteiger partial charge in [-0.05, 0) is 65.0 Å². The van der Waals surface area contributed by atoms with Gasteiger partial charge >= 0.3 is 0 Å². The minimum Gasteiger partial charge on any atom is -0.308 e. The maximum absolute atomic E-state index is 4.90. The molecule has 0 spiro atoms. The highest BCUT2D eigenvalue weighted by Crippen LogP contribution is 2.43. The van der Waals surface area contributed by atoms with Gasteiger partial charge in [0, 0.05) is 10.8 Å². The summed E-state index contributed by atoms with van der Waals surface area (Å²) in [4.78, 5) is 4.90. The van der Waals surface area contributed by atoms with Gasteiger partial charge in [-0.1, -0.05) is 18.2 Å². The van der Waals surface area contributed by atoms with Crippen molar-refractivity contribution in [3.63, 3.8) is 0 Å². The third-order valence-electron chi connectivity index (χ3n) is 6.60. The number of hydrogen-bond acceptors (Lipinski definition) is 2. The van der Waals surface area contributed by atoms with Gasteiger partial charge in [0.05, 0.1) is 39.1 Å². The molecule has 138 valence electrons. The summed E-state index contributed by atoms with van der Waals surface area (Å²) in [5, 5.41) is 8.69. The van der Waals surface area contributed by atoms with Gasteiger partial charge in [-0.2, -0.15) is 0 Å². The zero-order chi connectivity index (χ0) is 19.4. The van der Waals surface area contributed by atoms with E-state index in [-0.39, 0.29) is 0 Å². The Hall–Kier alpha value is -3.24. The van der Waals surface area contributed by atoms with Gasteiger partial charge in [-0.25, -0.2) is 4.57 Å². The van der Waals surface area contributed by atoms with Crippen molar-refractivity contribution in [2.45, 2.75) is 13.8 Å². The number of rotatable bonds is 0. The van der Waals surface area contributed by atoms with E-state index < -0.39 is 0 Å². The molecule has 0 saturated heterocycles. The van der Waals surface area contributed by atoms with E-state index in [2.05, 4.69) is 77.7 Å². The smallest absolute Gasteiger partial charge is 0.287 e. The minimum absolute atomic E-state index is 1.11. The van der Waals surface area contributed by atoms with Crippen molar-refractivity contribution in [2.75, 3.05) is 0 Å². The second-order valence-corrected chi connectivity index (χ2v) is 9.02. The Balaban J connectivity index is 2.02. The number of nitrogens with zero attached hydrogens (tertiary/aromatic N) is 3. The van der Waals surface area contributed by atoms with E-state index in [1.54, 1.807) is 11.3 Å². The highest BCUT2D eigenvalue weighted by molar-refractivity contribution is 7.18. The number of aromatic nitrogens is 3. The molecule has 3 aromatic carbocycles. The van der Waals surface area contributed by atoms with Crippen LogP contribution in [0.15, 0.2) is 54.2 Å². The van der Waals surface area contributed by atoms with Gasteiger partial charge in [0.1, 0.15) is 5.52 Å². The van der Waals surface area contributed by atoms with Crippen molar-refractivity contribution in [3.05, 3.63) is 65.3 Å². The number of pyridine rings is 1. The van der Waals surface area contributed by atoms with E-state index in [1.165, 1.54) is 64.8 Å². The lowest BCUT2D eigenvalue weighted by molar-refractivity contribution is -0.646. The summed E-state index contributed by atoms with van der Waals surface area (Å²) in [7, 11) is 2.12. The van der Waals surface area contributed by atoms with Crippen LogP contribution in [0.1, 0.15) is 11.1 Å². The molecule has 0 saturated carbocycles. The molecule has 0 unspecified atom stereocenters. The van der Waals surface area contributed by atoms with Gasteiger partial charge in [-0.3, -0.25) is 0 Å². The van der Waals surface area contributed by atoms with Crippen molar-refractivity contribution in [2.24, 2.45) is 7.05 Å². The lowest BCUT2D eigenvalue weighted by Gasteiger charge is -2.14. The second-order valence-electron chi connectivity index (χ2n) is 8.10. The molecule has 0 aliphatic carbocycles. The molecule has 0 radical (unpaired) electrons. The van der Waals surface area contributed by atoms with Gasteiger partial charge in [0.25, 0.3) is 6.33 Å². The first-order chi connectivity index (χ1) is 14.1. The Morgan fingerprint density at radius 3 is 2.72 bits per heavy atom. The first kappa shape index (κ1) is 15.7. The van der Waals surface area contributed by atoms with Crippen LogP contribution in [0.25, 0.3) is 59.2 Å². The van der Waals surface area contributed by atoms with Crippen LogP contribution >= 0.6 is 11.3 Å². The number of fused-ring (bicyclic) bond motifs is 7. The van der Waals surface area contributed by atoms with Crippen LogP contribution in [0.4, 0.5) is 0 Å². The van der Waals surface area contributed by atoms with Gasteiger partial charge in [-0.15, -0.1) is 11.3 Å². The van der Waals surface area contributed by atoms with E-state index in [1.807, 2.05) is 6.33 Å². The summed E-state index contributed by atoms with van der Waals surface area (Å²) in [6.07, 6.45) is 1.98. The Morgan fingerprint density at radius 1 is 0.966 bits per heavy atom. The topological polar surface area (TPSA) is 21.2 Å². The molecule has 4 heterocycles.